The maximum Gasteiger partial charge on any atom is 0.264 e. The molecular formula is C35H37Cl2N3O6S. The van der Waals surface area contributed by atoms with Crippen LogP contribution in [0.3, 0.4) is 0 Å². The molecule has 47 heavy (non-hydrogen) atoms. The van der Waals surface area contributed by atoms with Crippen LogP contribution < -0.4 is 19.1 Å². The van der Waals surface area contributed by atoms with E-state index in [0.29, 0.717) is 27.9 Å². The summed E-state index contributed by atoms with van der Waals surface area (Å²) in [4.78, 5) is 29.5. The van der Waals surface area contributed by atoms with Gasteiger partial charge in [-0.2, -0.15) is 0 Å². The van der Waals surface area contributed by atoms with Crippen molar-refractivity contribution in [3.05, 3.63) is 118 Å². The number of carbonyl (C=O) groups is 2. The Kier molecular flexibility index (Phi) is 12.1. The van der Waals surface area contributed by atoms with Crippen LogP contribution in [0.15, 0.2) is 95.9 Å². The van der Waals surface area contributed by atoms with Gasteiger partial charge in [0.15, 0.2) is 11.5 Å². The molecule has 2 amide bonds. The fraction of sp³-hybridized carbons (Fsp3) is 0.257. The molecule has 1 atom stereocenters. The third-order valence-electron chi connectivity index (χ3n) is 7.52. The molecule has 0 radical (unpaired) electrons. The second kappa shape index (κ2) is 16.0. The van der Waals surface area contributed by atoms with Gasteiger partial charge in [-0.05, 0) is 61.4 Å². The van der Waals surface area contributed by atoms with Crippen molar-refractivity contribution >= 4 is 50.7 Å². The van der Waals surface area contributed by atoms with Crippen molar-refractivity contribution in [2.24, 2.45) is 0 Å². The van der Waals surface area contributed by atoms with Gasteiger partial charge in [-0.25, -0.2) is 8.42 Å². The van der Waals surface area contributed by atoms with Crippen molar-refractivity contribution in [3.63, 3.8) is 0 Å². The molecule has 0 heterocycles. The number of hydrogen-bond donors (Lipinski definition) is 1. The van der Waals surface area contributed by atoms with E-state index < -0.39 is 28.5 Å². The lowest BCUT2D eigenvalue weighted by atomic mass is 10.0. The van der Waals surface area contributed by atoms with Gasteiger partial charge in [0.05, 0.1) is 24.8 Å². The summed E-state index contributed by atoms with van der Waals surface area (Å²) in [5.74, 6) is -0.449. The first-order chi connectivity index (χ1) is 22.5. The van der Waals surface area contributed by atoms with E-state index >= 15 is 0 Å². The summed E-state index contributed by atoms with van der Waals surface area (Å²) in [6.45, 7) is 3.29. The third kappa shape index (κ3) is 8.77. The van der Waals surface area contributed by atoms with Crippen LogP contribution in [0.4, 0.5) is 5.69 Å². The molecule has 0 saturated carbocycles. The van der Waals surface area contributed by atoms with Crippen LogP contribution in [0.1, 0.15) is 23.6 Å². The van der Waals surface area contributed by atoms with E-state index in [4.69, 9.17) is 32.7 Å². The number of ether oxygens (including phenoxy) is 2. The number of nitrogens with one attached hydrogen (secondary N) is 1. The minimum Gasteiger partial charge on any atom is -0.493 e. The molecule has 4 aromatic rings. The van der Waals surface area contributed by atoms with Crippen molar-refractivity contribution < 1.29 is 27.5 Å². The molecule has 12 heteroatoms. The summed E-state index contributed by atoms with van der Waals surface area (Å²) in [5, 5.41) is 3.55. The zero-order valence-corrected chi connectivity index (χ0v) is 28.9. The van der Waals surface area contributed by atoms with Gasteiger partial charge in [-0.1, -0.05) is 77.3 Å². The van der Waals surface area contributed by atoms with E-state index in [1.807, 2.05) is 37.3 Å². The number of sulfonamides is 1. The van der Waals surface area contributed by atoms with Crippen LogP contribution in [0, 0.1) is 6.92 Å². The Hall–Kier alpha value is -4.25. The Labute approximate surface area is 286 Å². The number of rotatable bonds is 14. The molecule has 0 aliphatic rings. The van der Waals surface area contributed by atoms with Crippen LogP contribution in [-0.2, 0) is 32.6 Å². The van der Waals surface area contributed by atoms with Crippen molar-refractivity contribution in [2.45, 2.75) is 37.8 Å². The molecule has 0 unspecified atom stereocenters. The topological polar surface area (TPSA) is 105 Å². The molecular weight excluding hydrogens is 661 g/mol. The van der Waals surface area contributed by atoms with E-state index in [-0.39, 0.29) is 35.2 Å². The van der Waals surface area contributed by atoms with Crippen molar-refractivity contribution in [2.75, 3.05) is 31.6 Å². The minimum atomic E-state index is -4.35. The quantitative estimate of drug-likeness (QED) is 0.166. The summed E-state index contributed by atoms with van der Waals surface area (Å²) in [6, 6.07) is 24.2. The smallest absolute Gasteiger partial charge is 0.264 e. The Morgan fingerprint density at radius 2 is 1.55 bits per heavy atom. The second-order valence-electron chi connectivity index (χ2n) is 10.7. The molecule has 0 spiro atoms. The summed E-state index contributed by atoms with van der Waals surface area (Å²) < 4.78 is 40.4. The van der Waals surface area contributed by atoms with Gasteiger partial charge in [0.25, 0.3) is 10.0 Å². The average Bonchev–Trinajstić information content (AvgIpc) is 3.06. The molecule has 0 bridgehead atoms. The van der Waals surface area contributed by atoms with E-state index in [9.17, 15) is 18.0 Å². The highest BCUT2D eigenvalue weighted by Crippen LogP contribution is 2.33. The largest absolute Gasteiger partial charge is 0.493 e. The molecule has 248 valence electrons. The average molecular weight is 699 g/mol. The van der Waals surface area contributed by atoms with Gasteiger partial charge < -0.3 is 19.7 Å². The highest BCUT2D eigenvalue weighted by Gasteiger charge is 2.35. The molecule has 1 N–H and O–H groups in total. The number of carbonyl (C=O) groups excluding carboxylic acids is 2. The van der Waals surface area contributed by atoms with Gasteiger partial charge in [0.2, 0.25) is 11.8 Å². The van der Waals surface area contributed by atoms with Crippen molar-refractivity contribution in [1.82, 2.24) is 10.2 Å². The van der Waals surface area contributed by atoms with Crippen LogP contribution >= 0.6 is 23.2 Å². The van der Waals surface area contributed by atoms with Crippen LogP contribution in [0.25, 0.3) is 0 Å². The van der Waals surface area contributed by atoms with Crippen LogP contribution in [0.5, 0.6) is 11.5 Å². The maximum atomic E-state index is 14.5. The predicted octanol–water partition coefficient (Wildman–Crippen LogP) is 6.29. The summed E-state index contributed by atoms with van der Waals surface area (Å²) in [7, 11) is -1.49. The number of anilines is 1. The lowest BCUT2D eigenvalue weighted by molar-refractivity contribution is -0.140. The molecule has 9 nitrogen and oxygen atoms in total. The first kappa shape index (κ1) is 35.6. The van der Waals surface area contributed by atoms with Crippen LogP contribution in [-0.4, -0.2) is 58.5 Å². The van der Waals surface area contributed by atoms with Gasteiger partial charge in [0, 0.05) is 35.6 Å². The number of nitrogens with zero attached hydrogens (tertiary/aromatic N) is 2. The van der Waals surface area contributed by atoms with Gasteiger partial charge in [-0.15, -0.1) is 0 Å². The van der Waals surface area contributed by atoms with Gasteiger partial charge in [0.1, 0.15) is 12.6 Å². The zero-order valence-electron chi connectivity index (χ0n) is 26.6. The van der Waals surface area contributed by atoms with E-state index in [0.717, 1.165) is 15.4 Å². The Morgan fingerprint density at radius 1 is 0.872 bits per heavy atom. The SMILES string of the molecule is CCNC(=O)[C@@H](Cc1ccccc1)N(Cc1ccc(Cl)cc1Cl)C(=O)CN(c1ccc(C)cc1)S(=O)(=O)c1ccc(OC)c(OC)c1. The van der Waals surface area contributed by atoms with Crippen molar-refractivity contribution in [3.8, 4) is 11.5 Å². The fourth-order valence-corrected chi connectivity index (χ4v) is 6.92. The molecule has 0 fully saturated rings. The molecule has 0 aromatic heterocycles. The maximum absolute atomic E-state index is 14.5. The number of methoxy groups -OCH3 is 2. The first-order valence-corrected chi connectivity index (χ1v) is 17.0. The third-order valence-corrected chi connectivity index (χ3v) is 9.88. The van der Waals surface area contributed by atoms with Gasteiger partial charge >= 0.3 is 0 Å². The van der Waals surface area contributed by atoms with E-state index in [2.05, 4.69) is 5.32 Å². The zero-order chi connectivity index (χ0) is 34.1. The van der Waals surface area contributed by atoms with E-state index in [1.165, 1.54) is 37.3 Å². The molecule has 0 saturated heterocycles. The molecule has 0 aliphatic heterocycles. The second-order valence-corrected chi connectivity index (χ2v) is 13.4. The van der Waals surface area contributed by atoms with Crippen LogP contribution in [0.2, 0.25) is 10.0 Å². The molecule has 4 aromatic carbocycles. The Morgan fingerprint density at radius 3 is 2.17 bits per heavy atom. The Balaban J connectivity index is 1.83. The lowest BCUT2D eigenvalue weighted by Crippen LogP contribution is -2.53. The van der Waals surface area contributed by atoms with Crippen molar-refractivity contribution in [1.29, 1.82) is 0 Å². The first-order valence-electron chi connectivity index (χ1n) is 14.8. The normalized spacial score (nSPS) is 11.8. The standard InChI is InChI=1S/C35H37Cl2N3O6S/c1-5-38-35(42)31(19-25-9-7-6-8-10-25)39(22-26-13-14-27(36)20-30(26)37)34(41)23-40(28-15-11-24(2)12-16-28)47(43,44)29-17-18-32(45-3)33(21-29)46-4/h6-18,20-21,31H,5,19,22-23H2,1-4H3,(H,38,42)/t31-/m1/s1. The van der Waals surface area contributed by atoms with Gasteiger partial charge in [-0.3, -0.25) is 13.9 Å². The summed E-state index contributed by atoms with van der Waals surface area (Å²) in [5.41, 5.74) is 2.52. The number of amides is 2. The summed E-state index contributed by atoms with van der Waals surface area (Å²) in [6.07, 6.45) is 0.177. The fourth-order valence-electron chi connectivity index (χ4n) is 5.02. The number of likely N-dealkylation sites (N-methyl/N-ethyl adjacent to an activating group) is 1. The lowest BCUT2D eigenvalue weighted by Gasteiger charge is -2.34. The van der Waals surface area contributed by atoms with E-state index in [1.54, 1.807) is 49.4 Å². The summed E-state index contributed by atoms with van der Waals surface area (Å²) >= 11 is 12.7. The number of benzene rings is 4. The monoisotopic (exact) mass is 697 g/mol. The minimum absolute atomic E-state index is 0.0817. The Bertz CT molecular complexity index is 1800. The predicted molar refractivity (Wildman–Crippen MR) is 185 cm³/mol. The number of hydrogen-bond acceptors (Lipinski definition) is 6. The number of halogens is 2. The highest BCUT2D eigenvalue weighted by molar-refractivity contribution is 7.92. The highest BCUT2D eigenvalue weighted by atomic mass is 35.5. The number of aryl methyl sites for hydroxylation is 1. The molecule has 4 rings (SSSR count). The molecule has 0 aliphatic carbocycles.